The molecule has 0 saturated carbocycles. The molecule has 0 aromatic heterocycles. The molecule has 0 aliphatic carbocycles. The summed E-state index contributed by atoms with van der Waals surface area (Å²) in [6, 6.07) is 19.8. The van der Waals surface area contributed by atoms with E-state index in [-0.39, 0.29) is 11.6 Å². The second kappa shape index (κ2) is 8.16. The molecule has 0 fully saturated rings. The molecule has 4 aromatic carbocycles. The van der Waals surface area contributed by atoms with Gasteiger partial charge in [0, 0.05) is 10.9 Å². The van der Waals surface area contributed by atoms with Gasteiger partial charge in [0.15, 0.2) is 0 Å². The van der Waals surface area contributed by atoms with Gasteiger partial charge in [0.05, 0.1) is 0 Å². The van der Waals surface area contributed by atoms with E-state index in [0.717, 1.165) is 35.4 Å². The Hall–Kier alpha value is -3.01. The first-order chi connectivity index (χ1) is 14.1. The molecule has 0 bridgehead atoms. The minimum absolute atomic E-state index is 0.0508. The molecule has 0 spiro atoms. The zero-order valence-corrected chi connectivity index (χ0v) is 16.1. The first kappa shape index (κ1) is 19.3. The van der Waals surface area contributed by atoms with Crippen LogP contribution in [-0.2, 0) is 6.42 Å². The maximum Gasteiger partial charge on any atom is 0.387 e. The minimum Gasteiger partial charge on any atom is -0.435 e. The second-order valence-electron chi connectivity index (χ2n) is 7.15. The van der Waals surface area contributed by atoms with Gasteiger partial charge in [-0.3, -0.25) is 0 Å². The van der Waals surface area contributed by atoms with Gasteiger partial charge in [0.25, 0.3) is 0 Å². The fourth-order valence-corrected chi connectivity index (χ4v) is 3.73. The lowest BCUT2D eigenvalue weighted by Crippen LogP contribution is -2.01. The molecule has 0 aliphatic heterocycles. The van der Waals surface area contributed by atoms with Crippen LogP contribution in [0.15, 0.2) is 66.7 Å². The lowest BCUT2D eigenvalue weighted by Gasteiger charge is -2.11. The summed E-state index contributed by atoms with van der Waals surface area (Å²) in [5.74, 6) is -0.267. The number of hydrogen-bond acceptors (Lipinski definition) is 1. The Kier molecular flexibility index (Phi) is 5.43. The predicted molar refractivity (Wildman–Crippen MR) is 112 cm³/mol. The summed E-state index contributed by atoms with van der Waals surface area (Å²) in [4.78, 5) is 0. The van der Waals surface area contributed by atoms with E-state index in [9.17, 15) is 8.78 Å². The van der Waals surface area contributed by atoms with Crippen LogP contribution in [0, 0.1) is 5.82 Å². The van der Waals surface area contributed by atoms with Gasteiger partial charge in [0.2, 0.25) is 0 Å². The van der Waals surface area contributed by atoms with Crippen molar-refractivity contribution in [3.05, 3.63) is 78.1 Å². The zero-order chi connectivity index (χ0) is 20.4. The van der Waals surface area contributed by atoms with Crippen molar-refractivity contribution < 1.29 is 17.9 Å². The Morgan fingerprint density at radius 1 is 0.828 bits per heavy atom. The molecule has 29 heavy (non-hydrogen) atoms. The molecule has 4 heteroatoms. The number of hydrogen-bond donors (Lipinski definition) is 0. The van der Waals surface area contributed by atoms with Crippen LogP contribution in [0.25, 0.3) is 32.7 Å². The smallest absolute Gasteiger partial charge is 0.387 e. The average molecular weight is 394 g/mol. The number of benzene rings is 4. The third-order valence-corrected chi connectivity index (χ3v) is 5.22. The molecule has 1 nitrogen and oxygen atoms in total. The number of ether oxygens (including phenoxy) is 1. The number of alkyl halides is 2. The molecule has 0 radical (unpaired) electrons. The van der Waals surface area contributed by atoms with Crippen LogP contribution >= 0.6 is 0 Å². The van der Waals surface area contributed by atoms with E-state index in [1.165, 1.54) is 17.7 Å². The topological polar surface area (TPSA) is 9.23 Å². The van der Waals surface area contributed by atoms with Crippen molar-refractivity contribution in [2.75, 3.05) is 0 Å². The van der Waals surface area contributed by atoms with Crippen LogP contribution < -0.4 is 4.74 Å². The van der Waals surface area contributed by atoms with Crippen molar-refractivity contribution in [3.63, 3.8) is 0 Å². The number of halogens is 3. The summed E-state index contributed by atoms with van der Waals surface area (Å²) in [5, 5.41) is 3.54. The number of rotatable bonds is 6. The standard InChI is InChI=1S/C25H21F3O/c1-2-3-4-16-5-11-20-18(15-16)8-12-23-22(20)14-13-21(24(23)26)17-6-9-19(10-7-17)29-25(27)28/h5-15,25H,2-4H2,1H3. The molecule has 0 amide bonds. The molecular weight excluding hydrogens is 373 g/mol. The van der Waals surface area contributed by atoms with E-state index >= 15 is 4.39 Å². The fourth-order valence-electron chi connectivity index (χ4n) is 3.73. The van der Waals surface area contributed by atoms with Gasteiger partial charge in [0.1, 0.15) is 11.6 Å². The predicted octanol–water partition coefficient (Wildman–Crippen LogP) is 7.74. The third kappa shape index (κ3) is 3.93. The number of fused-ring (bicyclic) bond motifs is 3. The van der Waals surface area contributed by atoms with E-state index in [1.807, 2.05) is 18.2 Å². The maximum atomic E-state index is 15.3. The van der Waals surface area contributed by atoms with Crippen molar-refractivity contribution >= 4 is 21.5 Å². The highest BCUT2D eigenvalue weighted by molar-refractivity contribution is 6.08. The highest BCUT2D eigenvalue weighted by Crippen LogP contribution is 2.34. The first-order valence-corrected chi connectivity index (χ1v) is 9.76. The molecule has 0 atom stereocenters. The van der Waals surface area contributed by atoms with Crippen molar-refractivity contribution in [1.29, 1.82) is 0 Å². The van der Waals surface area contributed by atoms with E-state index in [1.54, 1.807) is 18.2 Å². The highest BCUT2D eigenvalue weighted by atomic mass is 19.3. The lowest BCUT2D eigenvalue weighted by atomic mass is 9.95. The molecule has 4 rings (SSSR count). The first-order valence-electron chi connectivity index (χ1n) is 9.76. The fraction of sp³-hybridized carbons (Fsp3) is 0.200. The monoisotopic (exact) mass is 394 g/mol. The summed E-state index contributed by atoms with van der Waals surface area (Å²) >= 11 is 0. The summed E-state index contributed by atoms with van der Waals surface area (Å²) < 4.78 is 44.3. The summed E-state index contributed by atoms with van der Waals surface area (Å²) in [6.07, 6.45) is 3.35. The van der Waals surface area contributed by atoms with Gasteiger partial charge in [-0.2, -0.15) is 8.78 Å². The molecule has 0 heterocycles. The minimum atomic E-state index is -2.88. The van der Waals surface area contributed by atoms with Crippen molar-refractivity contribution in [2.24, 2.45) is 0 Å². The van der Waals surface area contributed by atoms with Gasteiger partial charge < -0.3 is 4.74 Å². The van der Waals surface area contributed by atoms with Gasteiger partial charge in [-0.25, -0.2) is 4.39 Å². The Bertz CT molecular complexity index is 1150. The molecule has 148 valence electrons. The molecule has 0 saturated heterocycles. The van der Waals surface area contributed by atoms with Gasteiger partial charge in [-0.15, -0.1) is 0 Å². The Labute approximate surface area is 167 Å². The quantitative estimate of drug-likeness (QED) is 0.304. The number of aryl methyl sites for hydroxylation is 1. The summed E-state index contributed by atoms with van der Waals surface area (Å²) in [7, 11) is 0. The largest absolute Gasteiger partial charge is 0.435 e. The zero-order valence-electron chi connectivity index (χ0n) is 16.1. The van der Waals surface area contributed by atoms with Crippen LogP contribution in [0.5, 0.6) is 5.75 Å². The summed E-state index contributed by atoms with van der Waals surface area (Å²) in [6.45, 7) is -0.706. The second-order valence-corrected chi connectivity index (χ2v) is 7.15. The normalized spacial score (nSPS) is 11.5. The molecule has 0 unspecified atom stereocenters. The Morgan fingerprint density at radius 2 is 1.55 bits per heavy atom. The van der Waals surface area contributed by atoms with Gasteiger partial charge in [-0.1, -0.05) is 67.9 Å². The molecule has 4 aromatic rings. The van der Waals surface area contributed by atoms with Gasteiger partial charge in [-0.05, 0) is 52.3 Å². The number of unbranched alkanes of at least 4 members (excludes halogenated alkanes) is 1. The molecule has 0 N–H and O–H groups in total. The van der Waals surface area contributed by atoms with Crippen molar-refractivity contribution in [1.82, 2.24) is 0 Å². The highest BCUT2D eigenvalue weighted by Gasteiger charge is 2.12. The van der Waals surface area contributed by atoms with Crippen molar-refractivity contribution in [3.8, 4) is 16.9 Å². The van der Waals surface area contributed by atoms with E-state index in [0.29, 0.717) is 16.5 Å². The average Bonchev–Trinajstić information content (AvgIpc) is 2.72. The van der Waals surface area contributed by atoms with E-state index < -0.39 is 6.61 Å². The van der Waals surface area contributed by atoms with Crippen LogP contribution in [0.3, 0.4) is 0 Å². The van der Waals surface area contributed by atoms with Crippen LogP contribution in [-0.4, -0.2) is 6.61 Å². The van der Waals surface area contributed by atoms with Crippen molar-refractivity contribution in [2.45, 2.75) is 32.8 Å². The van der Waals surface area contributed by atoms with Gasteiger partial charge >= 0.3 is 6.61 Å². The third-order valence-electron chi connectivity index (χ3n) is 5.22. The maximum absolute atomic E-state index is 15.3. The molecular formula is C25H21F3O. The van der Waals surface area contributed by atoms with E-state index in [2.05, 4.69) is 29.9 Å². The Morgan fingerprint density at radius 3 is 2.28 bits per heavy atom. The summed E-state index contributed by atoms with van der Waals surface area (Å²) in [5.41, 5.74) is 2.34. The van der Waals surface area contributed by atoms with Crippen LogP contribution in [0.2, 0.25) is 0 Å². The van der Waals surface area contributed by atoms with Crippen LogP contribution in [0.4, 0.5) is 13.2 Å². The molecule has 0 aliphatic rings. The van der Waals surface area contributed by atoms with Crippen LogP contribution in [0.1, 0.15) is 25.3 Å². The van der Waals surface area contributed by atoms with E-state index in [4.69, 9.17) is 0 Å². The lowest BCUT2D eigenvalue weighted by molar-refractivity contribution is -0.0498. The SMILES string of the molecule is CCCCc1ccc2c(ccc3c(F)c(-c4ccc(OC(F)F)cc4)ccc32)c1. The Balaban J connectivity index is 1.74.